The van der Waals surface area contributed by atoms with Gasteiger partial charge in [0.1, 0.15) is 0 Å². The van der Waals surface area contributed by atoms with Crippen molar-refractivity contribution in [3.05, 3.63) is 24.3 Å². The smallest absolute Gasteiger partial charge is 0.409 e. The molecule has 0 bridgehead atoms. The van der Waals surface area contributed by atoms with Crippen molar-refractivity contribution in [1.82, 2.24) is 9.80 Å². The van der Waals surface area contributed by atoms with Gasteiger partial charge in [-0.25, -0.2) is 4.79 Å². The number of nitrogens with one attached hydrogen (secondary N) is 1. The first-order valence-corrected chi connectivity index (χ1v) is 10.2. The molecule has 28 heavy (non-hydrogen) atoms. The zero-order valence-electron chi connectivity index (χ0n) is 16.2. The van der Waals surface area contributed by atoms with Crippen LogP contribution >= 0.6 is 11.8 Å². The van der Waals surface area contributed by atoms with Crippen molar-refractivity contribution >= 4 is 29.4 Å². The molecule has 0 spiro atoms. The first-order valence-electron chi connectivity index (χ1n) is 9.33. The third-order valence-corrected chi connectivity index (χ3v) is 4.92. The van der Waals surface area contributed by atoms with E-state index in [1.54, 1.807) is 29.2 Å². The molecule has 1 fully saturated rings. The van der Waals surface area contributed by atoms with Crippen LogP contribution in [0.4, 0.5) is 19.3 Å². The SMILES string of the molecule is CC(C)COC(=O)N1CCCN(CC(=O)Nc2ccccc2SC(F)F)CC1. The number of para-hydroxylation sites is 1. The van der Waals surface area contributed by atoms with Gasteiger partial charge in [-0.3, -0.25) is 9.69 Å². The molecule has 0 saturated carbocycles. The van der Waals surface area contributed by atoms with Gasteiger partial charge in [-0.05, 0) is 24.5 Å². The zero-order valence-corrected chi connectivity index (χ0v) is 17.0. The van der Waals surface area contributed by atoms with Crippen molar-refractivity contribution < 1.29 is 23.1 Å². The van der Waals surface area contributed by atoms with Gasteiger partial charge in [-0.15, -0.1) is 0 Å². The summed E-state index contributed by atoms with van der Waals surface area (Å²) in [4.78, 5) is 28.4. The minimum absolute atomic E-state index is 0.141. The predicted octanol–water partition coefficient (Wildman–Crippen LogP) is 3.74. The number of carbonyl (C=O) groups is 2. The summed E-state index contributed by atoms with van der Waals surface area (Å²) in [5.41, 5.74) is 0.381. The number of ether oxygens (including phenoxy) is 1. The van der Waals surface area contributed by atoms with Crippen LogP contribution in [-0.2, 0) is 9.53 Å². The number of anilines is 1. The van der Waals surface area contributed by atoms with E-state index in [-0.39, 0.29) is 24.5 Å². The van der Waals surface area contributed by atoms with Gasteiger partial charge in [0.25, 0.3) is 5.76 Å². The summed E-state index contributed by atoms with van der Waals surface area (Å²) < 4.78 is 30.6. The fourth-order valence-electron chi connectivity index (χ4n) is 2.80. The molecule has 0 radical (unpaired) electrons. The van der Waals surface area contributed by atoms with Crippen LogP contribution in [0.1, 0.15) is 20.3 Å². The molecule has 1 saturated heterocycles. The molecule has 0 atom stereocenters. The molecule has 1 N–H and O–H groups in total. The number of rotatable bonds is 7. The Morgan fingerprint density at radius 3 is 2.64 bits per heavy atom. The molecule has 6 nitrogen and oxygen atoms in total. The van der Waals surface area contributed by atoms with E-state index >= 15 is 0 Å². The lowest BCUT2D eigenvalue weighted by atomic mass is 10.2. The number of hydrogen-bond acceptors (Lipinski definition) is 5. The fourth-order valence-corrected chi connectivity index (χ4v) is 3.40. The number of benzene rings is 1. The van der Waals surface area contributed by atoms with Gasteiger partial charge in [-0.1, -0.05) is 37.7 Å². The van der Waals surface area contributed by atoms with E-state index in [0.29, 0.717) is 55.1 Å². The average molecular weight is 416 g/mol. The number of amides is 2. The molecule has 0 aromatic heterocycles. The number of halogens is 2. The van der Waals surface area contributed by atoms with Crippen LogP contribution in [0.2, 0.25) is 0 Å². The van der Waals surface area contributed by atoms with E-state index < -0.39 is 5.76 Å². The van der Waals surface area contributed by atoms with Crippen molar-refractivity contribution in [3.8, 4) is 0 Å². The second kappa shape index (κ2) is 11.2. The number of hydrogen-bond donors (Lipinski definition) is 1. The van der Waals surface area contributed by atoms with Crippen LogP contribution in [0.5, 0.6) is 0 Å². The van der Waals surface area contributed by atoms with Gasteiger partial charge in [0, 0.05) is 31.1 Å². The molecule has 0 aliphatic carbocycles. The highest BCUT2D eigenvalue weighted by Gasteiger charge is 2.22. The van der Waals surface area contributed by atoms with Gasteiger partial charge in [-0.2, -0.15) is 8.78 Å². The lowest BCUT2D eigenvalue weighted by Crippen LogP contribution is -2.38. The Labute approximate surface area is 168 Å². The maximum atomic E-state index is 12.7. The second-order valence-corrected chi connectivity index (χ2v) is 8.04. The molecule has 2 rings (SSSR count). The minimum Gasteiger partial charge on any atom is -0.449 e. The van der Waals surface area contributed by atoms with Crippen LogP contribution < -0.4 is 5.32 Å². The Bertz CT molecular complexity index is 661. The molecule has 1 aliphatic rings. The normalized spacial score (nSPS) is 15.6. The summed E-state index contributed by atoms with van der Waals surface area (Å²) in [7, 11) is 0. The van der Waals surface area contributed by atoms with Gasteiger partial charge < -0.3 is 15.0 Å². The largest absolute Gasteiger partial charge is 0.449 e. The number of nitrogens with zero attached hydrogens (tertiary/aromatic N) is 2. The molecular formula is C19H27F2N3O3S. The highest BCUT2D eigenvalue weighted by Crippen LogP contribution is 2.31. The average Bonchev–Trinajstić information content (AvgIpc) is 2.86. The molecule has 1 heterocycles. The Morgan fingerprint density at radius 2 is 1.93 bits per heavy atom. The topological polar surface area (TPSA) is 61.9 Å². The molecule has 156 valence electrons. The molecule has 1 aromatic carbocycles. The van der Waals surface area contributed by atoms with Crippen molar-refractivity contribution in [3.63, 3.8) is 0 Å². The van der Waals surface area contributed by atoms with E-state index in [1.807, 2.05) is 18.7 Å². The van der Waals surface area contributed by atoms with Crippen molar-refractivity contribution in [2.24, 2.45) is 5.92 Å². The van der Waals surface area contributed by atoms with Gasteiger partial charge in [0.2, 0.25) is 5.91 Å². The first kappa shape index (κ1) is 22.4. The maximum absolute atomic E-state index is 12.7. The summed E-state index contributed by atoms with van der Waals surface area (Å²) in [6.07, 6.45) is 0.417. The highest BCUT2D eigenvalue weighted by molar-refractivity contribution is 7.99. The van der Waals surface area contributed by atoms with Crippen LogP contribution in [0.25, 0.3) is 0 Å². The number of alkyl halides is 2. The van der Waals surface area contributed by atoms with Crippen molar-refractivity contribution in [2.75, 3.05) is 44.6 Å². The first-order chi connectivity index (χ1) is 13.3. The van der Waals surface area contributed by atoms with Gasteiger partial charge >= 0.3 is 6.09 Å². The maximum Gasteiger partial charge on any atom is 0.409 e. The van der Waals surface area contributed by atoms with Crippen molar-refractivity contribution in [1.29, 1.82) is 0 Å². The van der Waals surface area contributed by atoms with Crippen LogP contribution in [0, 0.1) is 5.92 Å². The number of thioether (sulfide) groups is 1. The Kier molecular flexibility index (Phi) is 8.98. The predicted molar refractivity (Wildman–Crippen MR) is 106 cm³/mol. The molecular weight excluding hydrogens is 388 g/mol. The Hall–Kier alpha value is -1.87. The van der Waals surface area contributed by atoms with Crippen LogP contribution in [0.3, 0.4) is 0 Å². The van der Waals surface area contributed by atoms with Gasteiger partial charge in [0.15, 0.2) is 0 Å². The zero-order chi connectivity index (χ0) is 20.5. The van der Waals surface area contributed by atoms with E-state index in [2.05, 4.69) is 5.32 Å². The quantitative estimate of drug-likeness (QED) is 0.688. The molecule has 1 aliphatic heterocycles. The van der Waals surface area contributed by atoms with Gasteiger partial charge in [0.05, 0.1) is 18.8 Å². The van der Waals surface area contributed by atoms with Crippen molar-refractivity contribution in [2.45, 2.75) is 30.9 Å². The van der Waals surface area contributed by atoms with E-state index in [4.69, 9.17) is 4.74 Å². The Morgan fingerprint density at radius 1 is 1.18 bits per heavy atom. The lowest BCUT2D eigenvalue weighted by Gasteiger charge is -2.22. The minimum atomic E-state index is -2.55. The summed E-state index contributed by atoms with van der Waals surface area (Å²) in [6, 6.07) is 6.51. The molecule has 1 aromatic rings. The van der Waals surface area contributed by atoms with E-state index in [1.165, 1.54) is 0 Å². The highest BCUT2D eigenvalue weighted by atomic mass is 32.2. The third-order valence-electron chi connectivity index (χ3n) is 4.13. The molecule has 2 amide bonds. The third kappa shape index (κ3) is 7.63. The fraction of sp³-hybridized carbons (Fsp3) is 0.579. The Balaban J connectivity index is 1.84. The van der Waals surface area contributed by atoms with Crippen LogP contribution in [0.15, 0.2) is 29.2 Å². The molecule has 9 heteroatoms. The number of carbonyl (C=O) groups excluding carboxylic acids is 2. The monoisotopic (exact) mass is 415 g/mol. The lowest BCUT2D eigenvalue weighted by molar-refractivity contribution is -0.117. The summed E-state index contributed by atoms with van der Waals surface area (Å²) in [5.74, 6) is -2.54. The summed E-state index contributed by atoms with van der Waals surface area (Å²) in [6.45, 7) is 6.79. The molecule has 0 unspecified atom stereocenters. The summed E-state index contributed by atoms with van der Waals surface area (Å²) >= 11 is 0.407. The van der Waals surface area contributed by atoms with E-state index in [0.717, 1.165) is 6.42 Å². The van der Waals surface area contributed by atoms with Crippen LogP contribution in [-0.4, -0.2) is 66.9 Å². The second-order valence-electron chi connectivity index (χ2n) is 7.01. The standard InChI is InChI=1S/C19H27F2N3O3S/c1-14(2)13-27-19(26)24-9-5-8-23(10-11-24)12-17(25)22-15-6-3-4-7-16(15)28-18(20)21/h3-4,6-7,14,18H,5,8-13H2,1-2H3,(H,22,25). The van der Waals surface area contributed by atoms with E-state index in [9.17, 15) is 18.4 Å². The summed E-state index contributed by atoms with van der Waals surface area (Å²) in [5, 5.41) is 2.71.